The van der Waals surface area contributed by atoms with Crippen LogP contribution in [0.1, 0.15) is 50.9 Å². The van der Waals surface area contributed by atoms with E-state index in [0.717, 1.165) is 32.6 Å². The van der Waals surface area contributed by atoms with Crippen LogP contribution >= 0.6 is 0 Å². The van der Waals surface area contributed by atoms with Crippen molar-refractivity contribution in [2.45, 2.75) is 45.1 Å². The van der Waals surface area contributed by atoms with Crippen LogP contribution in [0, 0.1) is 5.92 Å². The Labute approximate surface area is 155 Å². The van der Waals surface area contributed by atoms with Crippen LogP contribution in [0.2, 0.25) is 0 Å². The zero-order valence-corrected chi connectivity index (χ0v) is 16.2. The van der Waals surface area contributed by atoms with Crippen molar-refractivity contribution in [3.63, 3.8) is 0 Å². The molecule has 1 aliphatic carbocycles. The van der Waals surface area contributed by atoms with Crippen molar-refractivity contribution in [1.82, 2.24) is 24.8 Å². The lowest BCUT2D eigenvalue weighted by Gasteiger charge is -2.37. The van der Waals surface area contributed by atoms with E-state index in [1.807, 2.05) is 23.9 Å². The number of piperazine rings is 1. The number of nitrogens with zero attached hydrogens (tertiary/aromatic N) is 6. The summed E-state index contributed by atoms with van der Waals surface area (Å²) >= 11 is 0. The lowest BCUT2D eigenvalue weighted by Crippen LogP contribution is -2.49. The number of carbonyl (C=O) groups excluding carboxylic acids is 1. The quantitative estimate of drug-likeness (QED) is 0.845. The molecular formula is C18H31N7O. The molecule has 26 heavy (non-hydrogen) atoms. The van der Waals surface area contributed by atoms with Crippen LogP contribution < -0.4 is 10.6 Å². The SMILES string of the molecule is C[C@@H](c1nc(N)nc(N(C)C)n1)N1CCN(C(=O)CC2CCCC2)CC1. The number of nitrogens with two attached hydrogens (primary N) is 1. The minimum absolute atomic E-state index is 0.0473. The standard InChI is InChI=1S/C18H31N7O/c1-13(16-20-17(19)22-18(21-16)23(2)3)24-8-10-25(11-9-24)15(26)12-14-6-4-5-7-14/h13-14H,4-12H2,1-3H3,(H2,19,20,21,22)/t13-/m0/s1. The molecule has 0 bridgehead atoms. The predicted molar refractivity (Wildman–Crippen MR) is 102 cm³/mol. The highest BCUT2D eigenvalue weighted by Crippen LogP contribution is 2.28. The van der Waals surface area contributed by atoms with Crippen LogP contribution in [-0.4, -0.2) is 70.9 Å². The molecule has 2 heterocycles. The zero-order chi connectivity index (χ0) is 18.7. The van der Waals surface area contributed by atoms with Gasteiger partial charge in [0.25, 0.3) is 0 Å². The van der Waals surface area contributed by atoms with Gasteiger partial charge in [0.2, 0.25) is 17.8 Å². The second-order valence-electron chi connectivity index (χ2n) is 7.69. The smallest absolute Gasteiger partial charge is 0.229 e. The highest BCUT2D eigenvalue weighted by Gasteiger charge is 2.28. The predicted octanol–water partition coefficient (Wildman–Crippen LogP) is 1.31. The normalized spacial score (nSPS) is 20.3. The summed E-state index contributed by atoms with van der Waals surface area (Å²) in [5.74, 6) is 2.44. The van der Waals surface area contributed by atoms with Gasteiger partial charge in [-0.3, -0.25) is 9.69 Å². The molecule has 0 unspecified atom stereocenters. The molecule has 2 aliphatic rings. The van der Waals surface area contributed by atoms with E-state index in [9.17, 15) is 4.79 Å². The van der Waals surface area contributed by atoms with Gasteiger partial charge in [0.05, 0.1) is 6.04 Å². The monoisotopic (exact) mass is 361 g/mol. The lowest BCUT2D eigenvalue weighted by atomic mass is 10.0. The maximum absolute atomic E-state index is 12.5. The number of nitrogen functional groups attached to an aromatic ring is 1. The average molecular weight is 361 g/mol. The molecule has 1 aliphatic heterocycles. The number of hydrogen-bond donors (Lipinski definition) is 1. The molecule has 8 nitrogen and oxygen atoms in total. The third-order valence-electron chi connectivity index (χ3n) is 5.58. The van der Waals surface area contributed by atoms with Crippen molar-refractivity contribution < 1.29 is 4.79 Å². The van der Waals surface area contributed by atoms with E-state index in [1.165, 1.54) is 25.7 Å². The first-order valence-electron chi connectivity index (χ1n) is 9.64. The molecule has 1 amide bonds. The van der Waals surface area contributed by atoms with Crippen LogP contribution in [0.15, 0.2) is 0 Å². The Hall–Kier alpha value is -1.96. The van der Waals surface area contributed by atoms with E-state index in [2.05, 4.69) is 26.8 Å². The fraction of sp³-hybridized carbons (Fsp3) is 0.778. The van der Waals surface area contributed by atoms with E-state index in [1.54, 1.807) is 0 Å². The van der Waals surface area contributed by atoms with Gasteiger partial charge in [-0.2, -0.15) is 15.0 Å². The number of hydrogen-bond acceptors (Lipinski definition) is 7. The summed E-state index contributed by atoms with van der Waals surface area (Å²) in [6.07, 6.45) is 5.74. The number of amides is 1. The maximum Gasteiger partial charge on any atom is 0.229 e. The van der Waals surface area contributed by atoms with E-state index in [-0.39, 0.29) is 12.0 Å². The fourth-order valence-corrected chi connectivity index (χ4v) is 3.90. The van der Waals surface area contributed by atoms with Gasteiger partial charge in [-0.25, -0.2) is 0 Å². The van der Waals surface area contributed by atoms with Gasteiger partial charge < -0.3 is 15.5 Å². The second-order valence-corrected chi connectivity index (χ2v) is 7.69. The summed E-state index contributed by atoms with van der Waals surface area (Å²) in [5.41, 5.74) is 5.84. The van der Waals surface area contributed by atoms with Gasteiger partial charge in [0.15, 0.2) is 5.82 Å². The molecule has 0 radical (unpaired) electrons. The molecule has 1 saturated heterocycles. The van der Waals surface area contributed by atoms with Crippen molar-refractivity contribution in [3.05, 3.63) is 5.82 Å². The molecule has 8 heteroatoms. The molecule has 0 spiro atoms. The maximum atomic E-state index is 12.5. The summed E-state index contributed by atoms with van der Waals surface area (Å²) in [7, 11) is 3.77. The fourth-order valence-electron chi connectivity index (χ4n) is 3.90. The van der Waals surface area contributed by atoms with Crippen molar-refractivity contribution >= 4 is 17.8 Å². The molecule has 0 aromatic carbocycles. The van der Waals surface area contributed by atoms with Crippen molar-refractivity contribution in [2.75, 3.05) is 50.9 Å². The summed E-state index contributed by atoms with van der Waals surface area (Å²) in [5, 5.41) is 0. The summed E-state index contributed by atoms with van der Waals surface area (Å²) in [6.45, 7) is 5.30. The molecule has 2 fully saturated rings. The van der Waals surface area contributed by atoms with Crippen LogP contribution in [0.4, 0.5) is 11.9 Å². The average Bonchev–Trinajstić information content (AvgIpc) is 3.13. The highest BCUT2D eigenvalue weighted by atomic mass is 16.2. The van der Waals surface area contributed by atoms with Gasteiger partial charge in [0, 0.05) is 46.7 Å². The van der Waals surface area contributed by atoms with Gasteiger partial charge in [-0.15, -0.1) is 0 Å². The summed E-state index contributed by atoms with van der Waals surface area (Å²) < 4.78 is 0. The number of rotatable bonds is 5. The molecule has 2 N–H and O–H groups in total. The second kappa shape index (κ2) is 8.16. The lowest BCUT2D eigenvalue weighted by molar-refractivity contribution is -0.134. The molecule has 1 atom stereocenters. The first-order valence-corrected chi connectivity index (χ1v) is 9.64. The summed E-state index contributed by atoms with van der Waals surface area (Å²) in [6, 6.07) is 0.0473. The Morgan fingerprint density at radius 1 is 1.15 bits per heavy atom. The largest absolute Gasteiger partial charge is 0.368 e. The molecule has 3 rings (SSSR count). The number of anilines is 2. The molecule has 1 saturated carbocycles. The molecule has 1 aromatic heterocycles. The Bertz CT molecular complexity index is 622. The van der Waals surface area contributed by atoms with Gasteiger partial charge in [-0.05, 0) is 25.7 Å². The third kappa shape index (κ3) is 4.41. The van der Waals surface area contributed by atoms with Gasteiger partial charge in [0.1, 0.15) is 0 Å². The zero-order valence-electron chi connectivity index (χ0n) is 16.2. The topological polar surface area (TPSA) is 91.5 Å². The third-order valence-corrected chi connectivity index (χ3v) is 5.58. The molecule has 1 aromatic rings. The van der Waals surface area contributed by atoms with E-state index in [0.29, 0.717) is 23.6 Å². The van der Waals surface area contributed by atoms with Gasteiger partial charge >= 0.3 is 0 Å². The van der Waals surface area contributed by atoms with Crippen LogP contribution in [0.3, 0.4) is 0 Å². The van der Waals surface area contributed by atoms with Crippen LogP contribution in [0.25, 0.3) is 0 Å². The van der Waals surface area contributed by atoms with E-state index in [4.69, 9.17) is 5.73 Å². The molecule has 144 valence electrons. The first-order chi connectivity index (χ1) is 12.4. The Morgan fingerprint density at radius 3 is 2.42 bits per heavy atom. The number of aromatic nitrogens is 3. The Morgan fingerprint density at radius 2 is 1.81 bits per heavy atom. The van der Waals surface area contributed by atoms with Gasteiger partial charge in [-0.1, -0.05) is 12.8 Å². The van der Waals surface area contributed by atoms with E-state index < -0.39 is 0 Å². The first kappa shape index (κ1) is 18.8. The van der Waals surface area contributed by atoms with E-state index >= 15 is 0 Å². The van der Waals surface area contributed by atoms with Crippen molar-refractivity contribution in [2.24, 2.45) is 5.92 Å². The minimum Gasteiger partial charge on any atom is -0.368 e. The van der Waals surface area contributed by atoms with Crippen molar-refractivity contribution in [1.29, 1.82) is 0 Å². The minimum atomic E-state index is 0.0473. The van der Waals surface area contributed by atoms with Crippen LogP contribution in [-0.2, 0) is 4.79 Å². The van der Waals surface area contributed by atoms with Crippen molar-refractivity contribution in [3.8, 4) is 0 Å². The Kier molecular flexibility index (Phi) is 5.90. The number of carbonyl (C=O) groups is 1. The summed E-state index contributed by atoms with van der Waals surface area (Å²) in [4.78, 5) is 31.7. The van der Waals surface area contributed by atoms with Crippen LogP contribution in [0.5, 0.6) is 0 Å². The Balaban J connectivity index is 1.56. The highest BCUT2D eigenvalue weighted by molar-refractivity contribution is 5.76. The molecular weight excluding hydrogens is 330 g/mol.